The van der Waals surface area contributed by atoms with Crippen LogP contribution in [0.4, 0.5) is 5.69 Å². The van der Waals surface area contributed by atoms with E-state index in [2.05, 4.69) is 38.7 Å². The molecule has 2 N–H and O–H groups in total. The Morgan fingerprint density at radius 3 is 2.14 bits per heavy atom. The molecule has 0 spiro atoms. The van der Waals surface area contributed by atoms with E-state index in [1.54, 1.807) is 18.2 Å². The number of amides is 1. The van der Waals surface area contributed by atoms with Gasteiger partial charge in [-0.25, -0.2) is 0 Å². The minimum atomic E-state index is -0.313. The molecule has 36 heavy (non-hydrogen) atoms. The highest BCUT2D eigenvalue weighted by Crippen LogP contribution is 2.26. The molecule has 0 radical (unpaired) electrons. The minimum absolute atomic E-state index is 0.206. The first kappa shape index (κ1) is 25.4. The van der Waals surface area contributed by atoms with E-state index in [9.17, 15) is 4.79 Å². The van der Waals surface area contributed by atoms with Crippen LogP contribution >= 0.6 is 28.1 Å². The van der Waals surface area contributed by atoms with Crippen molar-refractivity contribution < 1.29 is 14.3 Å². The maximum atomic E-state index is 12.7. The maximum Gasteiger partial charge on any atom is 0.257 e. The van der Waals surface area contributed by atoms with Crippen LogP contribution in [-0.4, -0.2) is 17.6 Å². The number of carbonyl (C=O) groups excluding carboxylic acids is 1. The zero-order valence-electron chi connectivity index (χ0n) is 19.4. The van der Waals surface area contributed by atoms with Crippen molar-refractivity contribution in [2.45, 2.75) is 13.0 Å². The van der Waals surface area contributed by atoms with Crippen molar-refractivity contribution in [3.05, 3.63) is 124 Å². The van der Waals surface area contributed by atoms with Gasteiger partial charge in [-0.1, -0.05) is 60.7 Å². The first-order chi connectivity index (χ1) is 17.6. The fourth-order valence-electron chi connectivity index (χ4n) is 3.40. The van der Waals surface area contributed by atoms with Gasteiger partial charge in [0.15, 0.2) is 5.11 Å². The van der Waals surface area contributed by atoms with Gasteiger partial charge in [0, 0.05) is 17.7 Å². The second-order valence-electron chi connectivity index (χ2n) is 7.94. The third-order valence-electron chi connectivity index (χ3n) is 5.27. The number of rotatable bonds is 9. The summed E-state index contributed by atoms with van der Waals surface area (Å²) in [5.74, 6) is 1.11. The number of thiocarbonyl (C=S) groups is 1. The van der Waals surface area contributed by atoms with Gasteiger partial charge in [0.2, 0.25) is 0 Å². The highest BCUT2D eigenvalue weighted by Gasteiger charge is 2.11. The number of ether oxygens (including phenoxy) is 2. The summed E-state index contributed by atoms with van der Waals surface area (Å²) in [6, 6.07) is 32.7. The zero-order chi connectivity index (χ0) is 25.2. The molecule has 0 aliphatic carbocycles. The van der Waals surface area contributed by atoms with E-state index in [4.69, 9.17) is 21.7 Å². The highest BCUT2D eigenvalue weighted by molar-refractivity contribution is 9.10. The number of anilines is 1. The normalized spacial score (nSPS) is 10.4. The Morgan fingerprint density at radius 2 is 1.47 bits per heavy atom. The van der Waals surface area contributed by atoms with Crippen LogP contribution in [0.2, 0.25) is 0 Å². The van der Waals surface area contributed by atoms with Gasteiger partial charge >= 0.3 is 0 Å². The van der Waals surface area contributed by atoms with E-state index in [0.717, 1.165) is 23.4 Å². The molecule has 0 unspecified atom stereocenters. The van der Waals surface area contributed by atoms with Gasteiger partial charge in [-0.15, -0.1) is 0 Å². The number of carbonyl (C=O) groups is 1. The smallest absolute Gasteiger partial charge is 0.257 e. The van der Waals surface area contributed by atoms with E-state index in [0.29, 0.717) is 29.0 Å². The minimum Gasteiger partial charge on any atom is -0.492 e. The number of nitrogens with one attached hydrogen (secondary N) is 2. The van der Waals surface area contributed by atoms with Crippen LogP contribution in [-0.2, 0) is 13.0 Å². The first-order valence-corrected chi connectivity index (χ1v) is 12.6. The Labute approximate surface area is 224 Å². The maximum absolute atomic E-state index is 12.7. The van der Waals surface area contributed by atoms with Crippen molar-refractivity contribution in [2.24, 2.45) is 0 Å². The summed E-state index contributed by atoms with van der Waals surface area (Å²) in [6.45, 7) is 1.03. The quantitative estimate of drug-likeness (QED) is 0.221. The predicted molar refractivity (Wildman–Crippen MR) is 151 cm³/mol. The molecule has 0 saturated carbocycles. The summed E-state index contributed by atoms with van der Waals surface area (Å²) in [6.07, 6.45) is 0.801. The van der Waals surface area contributed by atoms with Gasteiger partial charge in [0.1, 0.15) is 18.1 Å². The summed E-state index contributed by atoms with van der Waals surface area (Å²) in [7, 11) is 0. The molecular formula is C29H25BrN2O3S. The lowest BCUT2D eigenvalue weighted by atomic mass is 10.2. The molecule has 0 aliphatic rings. The molecular weight excluding hydrogens is 536 g/mol. The lowest BCUT2D eigenvalue weighted by molar-refractivity contribution is 0.0977. The lowest BCUT2D eigenvalue weighted by Crippen LogP contribution is -2.34. The van der Waals surface area contributed by atoms with E-state index in [1.165, 1.54) is 5.56 Å². The topological polar surface area (TPSA) is 59.6 Å². The van der Waals surface area contributed by atoms with Crippen LogP contribution in [0.3, 0.4) is 0 Å². The highest BCUT2D eigenvalue weighted by atomic mass is 79.9. The molecule has 0 atom stereocenters. The predicted octanol–water partition coefficient (Wildman–Crippen LogP) is 6.78. The van der Waals surface area contributed by atoms with Crippen LogP contribution in [0, 0.1) is 0 Å². The molecule has 0 fully saturated rings. The van der Waals surface area contributed by atoms with Crippen molar-refractivity contribution in [1.29, 1.82) is 0 Å². The second kappa shape index (κ2) is 12.9. The van der Waals surface area contributed by atoms with Gasteiger partial charge in [-0.05, 0) is 81.7 Å². The van der Waals surface area contributed by atoms with Gasteiger partial charge < -0.3 is 14.8 Å². The van der Waals surface area contributed by atoms with Gasteiger partial charge in [0.05, 0.1) is 11.1 Å². The SMILES string of the molecule is O=C(NC(=S)Nc1ccc(OCc2ccccc2)cc1)c1ccc(OCCc2ccccc2)c(Br)c1. The van der Waals surface area contributed by atoms with Crippen LogP contribution in [0.25, 0.3) is 0 Å². The summed E-state index contributed by atoms with van der Waals surface area (Å²) < 4.78 is 12.4. The van der Waals surface area contributed by atoms with Crippen molar-refractivity contribution in [3.8, 4) is 11.5 Å². The van der Waals surface area contributed by atoms with E-state index >= 15 is 0 Å². The fourth-order valence-corrected chi connectivity index (χ4v) is 4.10. The summed E-state index contributed by atoms with van der Waals surface area (Å²) in [4.78, 5) is 12.7. The zero-order valence-corrected chi connectivity index (χ0v) is 21.8. The van der Waals surface area contributed by atoms with Gasteiger partial charge in [-0.2, -0.15) is 0 Å². The lowest BCUT2D eigenvalue weighted by Gasteiger charge is -2.12. The van der Waals surface area contributed by atoms with Gasteiger partial charge in [-0.3, -0.25) is 10.1 Å². The first-order valence-electron chi connectivity index (χ1n) is 11.4. The molecule has 7 heteroatoms. The van der Waals surface area contributed by atoms with Crippen LogP contribution in [0.5, 0.6) is 11.5 Å². The molecule has 0 saturated heterocycles. The summed E-state index contributed by atoms with van der Waals surface area (Å²) in [5, 5.41) is 5.93. The molecule has 0 aliphatic heterocycles. The molecule has 0 bridgehead atoms. The molecule has 4 rings (SSSR count). The molecule has 4 aromatic carbocycles. The van der Waals surface area contributed by atoms with Crippen molar-refractivity contribution >= 4 is 44.9 Å². The Morgan fingerprint density at radius 1 is 0.806 bits per heavy atom. The van der Waals surface area contributed by atoms with Crippen LogP contribution in [0.15, 0.2) is 108 Å². The Hall–Kier alpha value is -3.68. The summed E-state index contributed by atoms with van der Waals surface area (Å²) in [5.41, 5.74) is 3.52. The third kappa shape index (κ3) is 7.66. The molecule has 0 aromatic heterocycles. The molecule has 182 valence electrons. The van der Waals surface area contributed by atoms with Crippen molar-refractivity contribution in [1.82, 2.24) is 5.32 Å². The number of hydrogen-bond donors (Lipinski definition) is 2. The number of benzene rings is 4. The van der Waals surface area contributed by atoms with E-state index in [-0.39, 0.29) is 11.0 Å². The Kier molecular flexibility index (Phi) is 9.08. The Balaban J connectivity index is 1.24. The van der Waals surface area contributed by atoms with Crippen LogP contribution in [0.1, 0.15) is 21.5 Å². The molecule has 1 amide bonds. The largest absolute Gasteiger partial charge is 0.492 e. The van der Waals surface area contributed by atoms with E-state index < -0.39 is 0 Å². The van der Waals surface area contributed by atoms with Crippen molar-refractivity contribution in [3.63, 3.8) is 0 Å². The van der Waals surface area contributed by atoms with Gasteiger partial charge in [0.25, 0.3) is 5.91 Å². The molecule has 5 nitrogen and oxygen atoms in total. The Bertz CT molecular complexity index is 1300. The molecule has 4 aromatic rings. The standard InChI is InChI=1S/C29H25BrN2O3S/c30-26-19-23(11-16-27(26)34-18-17-21-7-3-1-4-8-21)28(33)32-29(36)31-24-12-14-25(15-13-24)35-20-22-9-5-2-6-10-22/h1-16,19H,17-18,20H2,(H2,31,32,33,36). The van der Waals surface area contributed by atoms with E-state index in [1.807, 2.05) is 72.8 Å². The number of halogens is 1. The monoisotopic (exact) mass is 560 g/mol. The average Bonchev–Trinajstić information content (AvgIpc) is 2.90. The molecule has 0 heterocycles. The third-order valence-corrected chi connectivity index (χ3v) is 6.10. The second-order valence-corrected chi connectivity index (χ2v) is 9.20. The average molecular weight is 562 g/mol. The number of hydrogen-bond acceptors (Lipinski definition) is 4. The fraction of sp³-hybridized carbons (Fsp3) is 0.103. The summed E-state index contributed by atoms with van der Waals surface area (Å²) >= 11 is 8.80. The van der Waals surface area contributed by atoms with Crippen molar-refractivity contribution in [2.75, 3.05) is 11.9 Å². The van der Waals surface area contributed by atoms with Crippen LogP contribution < -0.4 is 20.1 Å².